The number of nitrogens with one attached hydrogen (secondary N) is 1. The van der Waals surface area contributed by atoms with Crippen LogP contribution in [-0.2, 0) is 0 Å². The van der Waals surface area contributed by atoms with Gasteiger partial charge in [0.05, 0.1) is 22.6 Å². The van der Waals surface area contributed by atoms with Crippen molar-refractivity contribution in [1.82, 2.24) is 4.98 Å². The van der Waals surface area contributed by atoms with Gasteiger partial charge in [-0.15, -0.1) is 0 Å². The number of aromatic nitrogens is 1. The first-order chi connectivity index (χ1) is 8.58. The highest BCUT2D eigenvalue weighted by Gasteiger charge is 2.11. The summed E-state index contributed by atoms with van der Waals surface area (Å²) in [5.41, 5.74) is 6.43. The van der Waals surface area contributed by atoms with Crippen molar-refractivity contribution in [2.45, 2.75) is 0 Å². The quantitative estimate of drug-likeness (QED) is 0.821. The number of carbonyl (C=O) groups is 1. The molecular formula is C12H9ClFN3O. The fourth-order valence-corrected chi connectivity index (χ4v) is 1.59. The molecule has 1 amide bonds. The number of benzene rings is 1. The van der Waals surface area contributed by atoms with E-state index in [9.17, 15) is 9.18 Å². The summed E-state index contributed by atoms with van der Waals surface area (Å²) in [4.78, 5) is 15.5. The molecule has 1 aromatic carbocycles. The van der Waals surface area contributed by atoms with E-state index >= 15 is 0 Å². The largest absolute Gasteiger partial charge is 0.397 e. The van der Waals surface area contributed by atoms with Gasteiger partial charge in [0.15, 0.2) is 0 Å². The van der Waals surface area contributed by atoms with Crippen LogP contribution in [-0.4, -0.2) is 10.9 Å². The van der Waals surface area contributed by atoms with Gasteiger partial charge in [0.1, 0.15) is 11.5 Å². The Morgan fingerprint density at radius 1 is 1.33 bits per heavy atom. The lowest BCUT2D eigenvalue weighted by Gasteiger charge is -2.09. The van der Waals surface area contributed by atoms with Crippen molar-refractivity contribution in [1.29, 1.82) is 0 Å². The van der Waals surface area contributed by atoms with Crippen LogP contribution in [0.5, 0.6) is 0 Å². The van der Waals surface area contributed by atoms with Crippen molar-refractivity contribution in [2.75, 3.05) is 11.1 Å². The number of hydrogen-bond acceptors (Lipinski definition) is 3. The van der Waals surface area contributed by atoms with Gasteiger partial charge in [-0.2, -0.15) is 0 Å². The number of para-hydroxylation sites is 1. The number of rotatable bonds is 2. The lowest BCUT2D eigenvalue weighted by atomic mass is 10.2. The smallest absolute Gasteiger partial charge is 0.274 e. The van der Waals surface area contributed by atoms with Crippen molar-refractivity contribution >= 4 is 28.9 Å². The maximum absolute atomic E-state index is 12.7. The monoisotopic (exact) mass is 265 g/mol. The zero-order chi connectivity index (χ0) is 13.1. The molecule has 4 nitrogen and oxygen atoms in total. The van der Waals surface area contributed by atoms with Gasteiger partial charge in [-0.1, -0.05) is 17.7 Å². The number of hydrogen-bond donors (Lipinski definition) is 2. The third-order valence-corrected chi connectivity index (χ3v) is 2.56. The molecular weight excluding hydrogens is 257 g/mol. The number of nitrogens with zero attached hydrogens (tertiary/aromatic N) is 1. The third kappa shape index (κ3) is 2.57. The third-order valence-electron chi connectivity index (χ3n) is 2.24. The average Bonchev–Trinajstić information content (AvgIpc) is 2.34. The van der Waals surface area contributed by atoms with Crippen molar-refractivity contribution in [3.05, 3.63) is 53.1 Å². The summed E-state index contributed by atoms with van der Waals surface area (Å²) in [6.07, 6.45) is 0.963. The van der Waals surface area contributed by atoms with E-state index in [0.717, 1.165) is 12.3 Å². The second kappa shape index (κ2) is 5.01. The number of nitrogens with two attached hydrogens (primary N) is 1. The summed E-state index contributed by atoms with van der Waals surface area (Å²) in [7, 11) is 0. The number of amides is 1. The minimum atomic E-state index is -0.510. The van der Waals surface area contributed by atoms with E-state index < -0.39 is 11.7 Å². The van der Waals surface area contributed by atoms with Crippen LogP contribution in [0, 0.1) is 5.82 Å². The molecule has 0 bridgehead atoms. The topological polar surface area (TPSA) is 68.0 Å². The molecule has 1 aromatic heterocycles. The molecule has 3 N–H and O–H groups in total. The minimum absolute atomic E-state index is 0.0794. The highest BCUT2D eigenvalue weighted by atomic mass is 35.5. The zero-order valence-electron chi connectivity index (χ0n) is 9.15. The van der Waals surface area contributed by atoms with Gasteiger partial charge in [-0.25, -0.2) is 9.37 Å². The lowest BCUT2D eigenvalue weighted by molar-refractivity contribution is 0.102. The number of carbonyl (C=O) groups excluding carboxylic acids is 1. The Hall–Kier alpha value is -2.14. The normalized spacial score (nSPS) is 10.1. The van der Waals surface area contributed by atoms with Crippen LogP contribution in [0.25, 0.3) is 0 Å². The number of anilines is 2. The van der Waals surface area contributed by atoms with E-state index in [1.54, 1.807) is 18.2 Å². The van der Waals surface area contributed by atoms with Crippen molar-refractivity contribution in [3.63, 3.8) is 0 Å². The Bertz CT molecular complexity index is 566. The van der Waals surface area contributed by atoms with Gasteiger partial charge >= 0.3 is 0 Å². The highest BCUT2D eigenvalue weighted by Crippen LogP contribution is 2.28. The van der Waals surface area contributed by atoms with Crippen LogP contribution >= 0.6 is 11.6 Å². The summed E-state index contributed by atoms with van der Waals surface area (Å²) in [5, 5.41) is 2.86. The van der Waals surface area contributed by atoms with E-state index in [1.807, 2.05) is 0 Å². The van der Waals surface area contributed by atoms with E-state index in [2.05, 4.69) is 10.3 Å². The van der Waals surface area contributed by atoms with E-state index in [4.69, 9.17) is 17.3 Å². The Kier molecular flexibility index (Phi) is 3.43. The predicted octanol–water partition coefficient (Wildman–Crippen LogP) is 2.71. The molecule has 6 heteroatoms. The summed E-state index contributed by atoms with van der Waals surface area (Å²) in [6, 6.07) is 7.31. The van der Waals surface area contributed by atoms with Crippen LogP contribution < -0.4 is 11.1 Å². The molecule has 2 aromatic rings. The molecule has 0 spiro atoms. The fraction of sp³-hybridized carbons (Fsp3) is 0. The van der Waals surface area contributed by atoms with Crippen molar-refractivity contribution < 1.29 is 9.18 Å². The standard InChI is InChI=1S/C12H9ClFN3O/c13-8-2-1-3-9(15)11(8)17-12(18)10-5-4-7(14)6-16-10/h1-6H,15H2,(H,17,18). The Morgan fingerprint density at radius 2 is 2.11 bits per heavy atom. The summed E-state index contributed by atoms with van der Waals surface area (Å²) >= 11 is 5.91. The van der Waals surface area contributed by atoms with Crippen LogP contribution in [0.3, 0.4) is 0 Å². The van der Waals surface area contributed by atoms with Crippen LogP contribution in [0.4, 0.5) is 15.8 Å². The molecule has 1 heterocycles. The zero-order valence-corrected chi connectivity index (χ0v) is 9.91. The number of halogens is 2. The SMILES string of the molecule is Nc1cccc(Cl)c1NC(=O)c1ccc(F)cn1. The average molecular weight is 266 g/mol. The van der Waals surface area contributed by atoms with Gasteiger partial charge in [-0.05, 0) is 24.3 Å². The molecule has 0 saturated heterocycles. The van der Waals surface area contributed by atoms with Gasteiger partial charge in [0, 0.05) is 0 Å². The van der Waals surface area contributed by atoms with Gasteiger partial charge < -0.3 is 11.1 Å². The Morgan fingerprint density at radius 3 is 2.72 bits per heavy atom. The molecule has 0 fully saturated rings. The Balaban J connectivity index is 2.24. The number of nitrogen functional groups attached to an aromatic ring is 1. The lowest BCUT2D eigenvalue weighted by Crippen LogP contribution is -2.15. The van der Waals surface area contributed by atoms with Crippen LogP contribution in [0.15, 0.2) is 36.5 Å². The van der Waals surface area contributed by atoms with Gasteiger partial charge in [0.2, 0.25) is 0 Å². The second-order valence-corrected chi connectivity index (χ2v) is 3.93. The summed E-state index contributed by atoms with van der Waals surface area (Å²) < 4.78 is 12.7. The highest BCUT2D eigenvalue weighted by molar-refractivity contribution is 6.34. The van der Waals surface area contributed by atoms with Crippen LogP contribution in [0.2, 0.25) is 5.02 Å². The van der Waals surface area contributed by atoms with E-state index in [-0.39, 0.29) is 5.69 Å². The van der Waals surface area contributed by atoms with E-state index in [1.165, 1.54) is 6.07 Å². The first kappa shape index (κ1) is 12.3. The molecule has 92 valence electrons. The summed E-state index contributed by atoms with van der Waals surface area (Å²) in [5.74, 6) is -1.02. The van der Waals surface area contributed by atoms with Crippen molar-refractivity contribution in [2.24, 2.45) is 0 Å². The first-order valence-corrected chi connectivity index (χ1v) is 5.42. The maximum Gasteiger partial charge on any atom is 0.274 e. The molecule has 2 rings (SSSR count). The van der Waals surface area contributed by atoms with Gasteiger partial charge in [-0.3, -0.25) is 4.79 Å². The molecule has 0 unspecified atom stereocenters. The maximum atomic E-state index is 12.7. The molecule has 18 heavy (non-hydrogen) atoms. The minimum Gasteiger partial charge on any atom is -0.397 e. The van der Waals surface area contributed by atoms with Gasteiger partial charge in [0.25, 0.3) is 5.91 Å². The molecule has 0 aliphatic rings. The van der Waals surface area contributed by atoms with Crippen molar-refractivity contribution in [3.8, 4) is 0 Å². The van der Waals surface area contributed by atoms with E-state index in [0.29, 0.717) is 16.4 Å². The second-order valence-electron chi connectivity index (χ2n) is 3.52. The molecule has 0 aliphatic carbocycles. The Labute approximate surface area is 108 Å². The molecule has 0 atom stereocenters. The number of pyridine rings is 1. The fourth-order valence-electron chi connectivity index (χ4n) is 1.36. The van der Waals surface area contributed by atoms with Crippen LogP contribution in [0.1, 0.15) is 10.5 Å². The summed E-state index contributed by atoms with van der Waals surface area (Å²) in [6.45, 7) is 0. The molecule has 0 radical (unpaired) electrons. The molecule has 0 aliphatic heterocycles. The molecule has 0 saturated carbocycles. The first-order valence-electron chi connectivity index (χ1n) is 5.05. The predicted molar refractivity (Wildman–Crippen MR) is 68.0 cm³/mol.